The third kappa shape index (κ3) is 2.08. The Labute approximate surface area is 153 Å². The summed E-state index contributed by atoms with van der Waals surface area (Å²) in [6.45, 7) is 1.77. The van der Waals surface area contributed by atoms with Gasteiger partial charge in [0, 0.05) is 27.8 Å². The predicted octanol–water partition coefficient (Wildman–Crippen LogP) is 2.52. The van der Waals surface area contributed by atoms with Crippen molar-refractivity contribution in [2.45, 2.75) is 13.3 Å². The van der Waals surface area contributed by atoms with E-state index in [0.717, 1.165) is 0 Å². The summed E-state index contributed by atoms with van der Waals surface area (Å²) in [6.07, 6.45) is 1.51. The van der Waals surface area contributed by atoms with Gasteiger partial charge in [0.2, 0.25) is 0 Å². The minimum Gasteiger partial charge on any atom is -0.289 e. The molecule has 1 amide bonds. The van der Waals surface area contributed by atoms with Crippen molar-refractivity contribution in [3.05, 3.63) is 65.0 Å². The molecule has 3 aromatic rings. The van der Waals surface area contributed by atoms with Gasteiger partial charge in [-0.25, -0.2) is 9.97 Å². The smallest absolute Gasteiger partial charge is 0.254 e. The lowest BCUT2D eigenvalue weighted by Crippen LogP contribution is -2.23. The number of nitrogens with zero attached hydrogens (tertiary/aromatic N) is 4. The van der Waals surface area contributed by atoms with Crippen LogP contribution in [0.4, 0.5) is 5.82 Å². The fraction of sp³-hybridized carbons (Fsp3) is 0.100. The maximum atomic E-state index is 13.1. The van der Waals surface area contributed by atoms with Gasteiger partial charge >= 0.3 is 0 Å². The van der Waals surface area contributed by atoms with E-state index in [0.29, 0.717) is 39.1 Å². The number of carbonyl (C=O) groups is 3. The summed E-state index contributed by atoms with van der Waals surface area (Å²) in [7, 11) is 0. The molecule has 7 nitrogen and oxygen atoms in total. The van der Waals surface area contributed by atoms with Gasteiger partial charge in [-0.1, -0.05) is 24.3 Å². The molecule has 1 aromatic heterocycles. The van der Waals surface area contributed by atoms with Gasteiger partial charge in [-0.05, 0) is 19.1 Å². The summed E-state index contributed by atoms with van der Waals surface area (Å²) in [4.78, 5) is 46.6. The summed E-state index contributed by atoms with van der Waals surface area (Å²) >= 11 is 0. The third-order valence-electron chi connectivity index (χ3n) is 4.79. The van der Waals surface area contributed by atoms with Gasteiger partial charge in [-0.15, -0.1) is 0 Å². The van der Waals surface area contributed by atoms with Crippen molar-refractivity contribution in [2.24, 2.45) is 5.10 Å². The number of rotatable bonds is 1. The highest BCUT2D eigenvalue weighted by Crippen LogP contribution is 2.35. The molecule has 2 aliphatic rings. The van der Waals surface area contributed by atoms with E-state index in [1.165, 1.54) is 11.3 Å². The molecule has 1 aliphatic heterocycles. The molecule has 0 N–H and O–H groups in total. The number of fused-ring (bicyclic) bond motifs is 4. The average molecular weight is 356 g/mol. The topological polar surface area (TPSA) is 92.6 Å². The van der Waals surface area contributed by atoms with Crippen LogP contribution in [0.5, 0.6) is 0 Å². The first kappa shape index (κ1) is 15.5. The quantitative estimate of drug-likeness (QED) is 0.522. The van der Waals surface area contributed by atoms with Crippen LogP contribution >= 0.6 is 0 Å². The van der Waals surface area contributed by atoms with E-state index in [1.807, 2.05) is 0 Å². The largest absolute Gasteiger partial charge is 0.289 e. The maximum absolute atomic E-state index is 13.1. The van der Waals surface area contributed by atoms with E-state index in [-0.39, 0.29) is 29.5 Å². The van der Waals surface area contributed by atoms with Crippen molar-refractivity contribution in [3.63, 3.8) is 0 Å². The zero-order valence-electron chi connectivity index (χ0n) is 14.3. The average Bonchev–Trinajstić information content (AvgIpc) is 3.02. The second-order valence-electron chi connectivity index (χ2n) is 6.50. The van der Waals surface area contributed by atoms with Gasteiger partial charge in [-0.2, -0.15) is 10.1 Å². The number of ketones is 2. The summed E-state index contributed by atoms with van der Waals surface area (Å²) in [5.41, 5.74) is 2.32. The second-order valence-corrected chi connectivity index (χ2v) is 6.50. The molecule has 130 valence electrons. The van der Waals surface area contributed by atoms with Crippen LogP contribution in [0.3, 0.4) is 0 Å². The fourth-order valence-corrected chi connectivity index (χ4v) is 3.58. The first-order chi connectivity index (χ1) is 13.1. The number of carbonyl (C=O) groups excluding carboxylic acids is 3. The number of hydrogen-bond donors (Lipinski definition) is 0. The fourth-order valence-electron chi connectivity index (χ4n) is 3.58. The molecule has 7 heteroatoms. The van der Waals surface area contributed by atoms with Crippen molar-refractivity contribution < 1.29 is 14.4 Å². The summed E-state index contributed by atoms with van der Waals surface area (Å²) in [5, 5.41) is 5.96. The zero-order chi connectivity index (χ0) is 18.7. The predicted molar refractivity (Wildman–Crippen MR) is 98.1 cm³/mol. The first-order valence-electron chi connectivity index (χ1n) is 8.39. The zero-order valence-corrected chi connectivity index (χ0v) is 14.3. The van der Waals surface area contributed by atoms with Crippen LogP contribution in [-0.2, 0) is 4.79 Å². The van der Waals surface area contributed by atoms with Gasteiger partial charge in [0.05, 0.1) is 17.5 Å². The van der Waals surface area contributed by atoms with E-state index in [2.05, 4.69) is 15.1 Å². The van der Waals surface area contributed by atoms with E-state index >= 15 is 0 Å². The van der Waals surface area contributed by atoms with Gasteiger partial charge in [0.1, 0.15) is 6.33 Å². The molecule has 1 aliphatic carbocycles. The minimum absolute atomic E-state index is 0.196. The molecule has 2 aromatic carbocycles. The lowest BCUT2D eigenvalue weighted by Gasteiger charge is -2.20. The summed E-state index contributed by atoms with van der Waals surface area (Å²) in [5.74, 6) is -0.363. The van der Waals surface area contributed by atoms with E-state index in [9.17, 15) is 14.4 Å². The monoisotopic (exact) mass is 356 g/mol. The molecule has 0 spiro atoms. The van der Waals surface area contributed by atoms with Gasteiger partial charge in [0.25, 0.3) is 5.91 Å². The van der Waals surface area contributed by atoms with Gasteiger partial charge < -0.3 is 0 Å². The number of amides is 1. The Kier molecular flexibility index (Phi) is 3.09. The van der Waals surface area contributed by atoms with Crippen LogP contribution in [0.25, 0.3) is 10.9 Å². The Hall–Kier alpha value is -3.74. The van der Waals surface area contributed by atoms with E-state index in [1.54, 1.807) is 43.3 Å². The molecule has 0 saturated heterocycles. The summed E-state index contributed by atoms with van der Waals surface area (Å²) in [6, 6.07) is 10.00. The molecule has 5 rings (SSSR count). The second kappa shape index (κ2) is 5.38. The van der Waals surface area contributed by atoms with Gasteiger partial charge in [0.15, 0.2) is 17.4 Å². The molecule has 0 atom stereocenters. The highest BCUT2D eigenvalue weighted by molar-refractivity contribution is 6.32. The molecular weight excluding hydrogens is 344 g/mol. The van der Waals surface area contributed by atoms with Gasteiger partial charge in [-0.3, -0.25) is 14.4 Å². The van der Waals surface area contributed by atoms with Crippen LogP contribution in [0.2, 0.25) is 0 Å². The van der Waals surface area contributed by atoms with Crippen molar-refractivity contribution in [1.82, 2.24) is 9.97 Å². The van der Waals surface area contributed by atoms with Crippen LogP contribution in [0.15, 0.2) is 47.8 Å². The van der Waals surface area contributed by atoms with Crippen molar-refractivity contribution in [1.29, 1.82) is 0 Å². The van der Waals surface area contributed by atoms with Crippen LogP contribution in [0, 0.1) is 0 Å². The molecule has 27 heavy (non-hydrogen) atoms. The van der Waals surface area contributed by atoms with E-state index < -0.39 is 0 Å². The Bertz CT molecular complexity index is 1230. The number of anilines is 1. The Morgan fingerprint density at radius 2 is 1.63 bits per heavy atom. The van der Waals surface area contributed by atoms with E-state index in [4.69, 9.17) is 0 Å². The number of aromatic nitrogens is 2. The minimum atomic E-state index is -0.261. The number of benzene rings is 2. The molecule has 0 radical (unpaired) electrons. The van der Waals surface area contributed by atoms with Crippen LogP contribution in [0.1, 0.15) is 45.2 Å². The van der Waals surface area contributed by atoms with Crippen LogP contribution in [-0.4, -0.2) is 33.2 Å². The molecule has 0 bridgehead atoms. The molecule has 0 fully saturated rings. The lowest BCUT2D eigenvalue weighted by atomic mass is 9.83. The third-order valence-corrected chi connectivity index (χ3v) is 4.79. The number of hydrazone groups is 1. The maximum Gasteiger partial charge on any atom is 0.254 e. The summed E-state index contributed by atoms with van der Waals surface area (Å²) < 4.78 is 0. The lowest BCUT2D eigenvalue weighted by molar-refractivity contribution is -0.116. The molecule has 0 unspecified atom stereocenters. The normalized spacial score (nSPS) is 15.8. The van der Waals surface area contributed by atoms with Crippen molar-refractivity contribution in [2.75, 3.05) is 5.01 Å². The van der Waals surface area contributed by atoms with Crippen molar-refractivity contribution >= 4 is 39.9 Å². The Balaban J connectivity index is 1.79. The first-order valence-corrected chi connectivity index (χ1v) is 8.39. The standard InChI is InChI=1S/C20H12N4O3/c1-10-8-15(25)24(23-10)20-14-7-6-13-16(17(14)21-9-22-20)19(27)12-5-3-2-4-11(12)18(13)26/h2-7,9H,8H2,1H3. The molecule has 0 saturated carbocycles. The number of hydrogen-bond acceptors (Lipinski definition) is 6. The Morgan fingerprint density at radius 3 is 2.33 bits per heavy atom. The molecule has 2 heterocycles. The molecular formula is C20H12N4O3. The van der Waals surface area contributed by atoms with Crippen LogP contribution < -0.4 is 5.01 Å². The highest BCUT2D eigenvalue weighted by atomic mass is 16.2. The highest BCUT2D eigenvalue weighted by Gasteiger charge is 2.33. The Morgan fingerprint density at radius 1 is 0.889 bits per heavy atom. The SMILES string of the molecule is CC1=NN(c2ncnc3c4c(ccc23)C(=O)c2ccccc2C4=O)C(=O)C1. The van der Waals surface area contributed by atoms with Crippen molar-refractivity contribution in [3.8, 4) is 0 Å².